The van der Waals surface area contributed by atoms with Crippen molar-refractivity contribution in [2.75, 3.05) is 13.2 Å². The predicted octanol–water partition coefficient (Wildman–Crippen LogP) is 4.59. The van der Waals surface area contributed by atoms with Gasteiger partial charge in [0, 0.05) is 28.3 Å². The van der Waals surface area contributed by atoms with Crippen LogP contribution in [0.15, 0.2) is 53.1 Å². The molecule has 27 heavy (non-hydrogen) atoms. The molecule has 0 bridgehead atoms. The molecule has 1 amide bonds. The van der Waals surface area contributed by atoms with Crippen LogP contribution in [0.25, 0.3) is 11.3 Å². The van der Waals surface area contributed by atoms with Gasteiger partial charge < -0.3 is 14.2 Å². The number of aromatic nitrogens is 1. The first-order chi connectivity index (χ1) is 13.2. The summed E-state index contributed by atoms with van der Waals surface area (Å²) in [6.07, 6.45) is 0.708. The summed E-state index contributed by atoms with van der Waals surface area (Å²) < 4.78 is 11.0. The van der Waals surface area contributed by atoms with Crippen molar-refractivity contribution in [2.45, 2.75) is 19.9 Å². The van der Waals surface area contributed by atoms with Crippen LogP contribution in [0.3, 0.4) is 0 Å². The molecule has 0 saturated heterocycles. The van der Waals surface area contributed by atoms with Crippen LogP contribution in [0.4, 0.5) is 0 Å². The van der Waals surface area contributed by atoms with Gasteiger partial charge in [0.1, 0.15) is 11.4 Å². The van der Waals surface area contributed by atoms with Gasteiger partial charge in [-0.15, -0.1) is 0 Å². The number of rotatable bonds is 4. The van der Waals surface area contributed by atoms with Crippen LogP contribution in [0, 0.1) is 0 Å². The SMILES string of the molecule is CCOc1ccc(C(=O)N2CCc3c(noc3-c3ccc(Cl)cc3)C2)cc1. The second-order valence-corrected chi connectivity index (χ2v) is 6.81. The van der Waals surface area contributed by atoms with E-state index in [2.05, 4.69) is 5.16 Å². The number of ether oxygens (including phenoxy) is 1. The molecule has 1 aromatic heterocycles. The second-order valence-electron chi connectivity index (χ2n) is 6.38. The van der Waals surface area contributed by atoms with Crippen LogP contribution in [0.2, 0.25) is 5.02 Å². The summed E-state index contributed by atoms with van der Waals surface area (Å²) in [4.78, 5) is 14.6. The lowest BCUT2D eigenvalue weighted by Crippen LogP contribution is -2.35. The molecule has 0 spiro atoms. The van der Waals surface area contributed by atoms with E-state index in [0.717, 1.165) is 28.3 Å². The third kappa shape index (κ3) is 3.55. The molecule has 138 valence electrons. The fourth-order valence-corrected chi connectivity index (χ4v) is 3.40. The van der Waals surface area contributed by atoms with Crippen molar-refractivity contribution in [1.82, 2.24) is 10.1 Å². The minimum atomic E-state index is -0.0141. The van der Waals surface area contributed by atoms with Crippen LogP contribution in [0.1, 0.15) is 28.5 Å². The molecule has 2 heterocycles. The number of amides is 1. The molecule has 6 heteroatoms. The van der Waals surface area contributed by atoms with E-state index in [4.69, 9.17) is 20.9 Å². The summed E-state index contributed by atoms with van der Waals surface area (Å²) in [5, 5.41) is 4.88. The largest absolute Gasteiger partial charge is 0.494 e. The summed E-state index contributed by atoms with van der Waals surface area (Å²) >= 11 is 5.96. The Kier molecular flexibility index (Phi) is 4.86. The zero-order valence-corrected chi connectivity index (χ0v) is 15.7. The van der Waals surface area contributed by atoms with E-state index in [1.54, 1.807) is 17.0 Å². The normalized spacial score (nSPS) is 13.3. The van der Waals surface area contributed by atoms with Gasteiger partial charge in [-0.05, 0) is 61.9 Å². The Morgan fingerprint density at radius 1 is 1.19 bits per heavy atom. The maximum absolute atomic E-state index is 12.8. The van der Waals surface area contributed by atoms with Gasteiger partial charge in [0.05, 0.1) is 13.2 Å². The highest BCUT2D eigenvalue weighted by Crippen LogP contribution is 2.31. The zero-order valence-electron chi connectivity index (χ0n) is 14.9. The van der Waals surface area contributed by atoms with E-state index in [0.29, 0.717) is 36.7 Å². The Hall–Kier alpha value is -2.79. The average Bonchev–Trinajstić information content (AvgIpc) is 3.12. The smallest absolute Gasteiger partial charge is 0.254 e. The lowest BCUT2D eigenvalue weighted by molar-refractivity contribution is 0.0731. The fraction of sp³-hybridized carbons (Fsp3) is 0.238. The summed E-state index contributed by atoms with van der Waals surface area (Å²) in [6, 6.07) is 14.7. The van der Waals surface area contributed by atoms with Crippen LogP contribution >= 0.6 is 11.6 Å². The number of fused-ring (bicyclic) bond motifs is 1. The van der Waals surface area contributed by atoms with Crippen molar-refractivity contribution < 1.29 is 14.1 Å². The first-order valence-corrected chi connectivity index (χ1v) is 9.29. The molecule has 1 aliphatic heterocycles. The highest BCUT2D eigenvalue weighted by molar-refractivity contribution is 6.30. The molecule has 1 aliphatic rings. The Labute approximate surface area is 162 Å². The Balaban J connectivity index is 1.51. The lowest BCUT2D eigenvalue weighted by atomic mass is 10.00. The minimum Gasteiger partial charge on any atom is -0.494 e. The Morgan fingerprint density at radius 2 is 1.93 bits per heavy atom. The van der Waals surface area contributed by atoms with Crippen molar-refractivity contribution in [3.05, 3.63) is 70.4 Å². The standard InChI is InChI=1S/C21H19ClN2O3/c1-2-26-17-9-5-15(6-10-17)21(25)24-12-11-18-19(13-24)23-27-20(18)14-3-7-16(22)8-4-14/h3-10H,2,11-13H2,1H3. The fourth-order valence-electron chi connectivity index (χ4n) is 3.28. The van der Waals surface area contributed by atoms with Gasteiger partial charge >= 0.3 is 0 Å². The highest BCUT2D eigenvalue weighted by Gasteiger charge is 2.27. The average molecular weight is 383 g/mol. The molecule has 0 fully saturated rings. The number of carbonyl (C=O) groups is 1. The molecular weight excluding hydrogens is 364 g/mol. The minimum absolute atomic E-state index is 0.0141. The first-order valence-electron chi connectivity index (χ1n) is 8.91. The number of hydrogen-bond donors (Lipinski definition) is 0. The van der Waals surface area contributed by atoms with Crippen LogP contribution < -0.4 is 4.74 Å². The molecule has 2 aromatic carbocycles. The monoisotopic (exact) mass is 382 g/mol. The third-order valence-corrected chi connectivity index (χ3v) is 4.90. The molecule has 5 nitrogen and oxygen atoms in total. The van der Waals surface area contributed by atoms with Crippen molar-refractivity contribution in [3.8, 4) is 17.1 Å². The summed E-state index contributed by atoms with van der Waals surface area (Å²) in [6.45, 7) is 3.60. The number of halogens is 1. The quantitative estimate of drug-likeness (QED) is 0.662. The van der Waals surface area contributed by atoms with Crippen molar-refractivity contribution in [2.24, 2.45) is 0 Å². The Morgan fingerprint density at radius 3 is 2.63 bits per heavy atom. The lowest BCUT2D eigenvalue weighted by Gasteiger charge is -2.26. The number of nitrogens with zero attached hydrogens (tertiary/aromatic N) is 2. The van der Waals surface area contributed by atoms with E-state index in [-0.39, 0.29) is 5.91 Å². The molecule has 0 radical (unpaired) electrons. The number of benzene rings is 2. The van der Waals surface area contributed by atoms with Gasteiger partial charge in [-0.3, -0.25) is 4.79 Å². The molecule has 3 aromatic rings. The van der Waals surface area contributed by atoms with Crippen molar-refractivity contribution in [1.29, 1.82) is 0 Å². The van der Waals surface area contributed by atoms with Crippen molar-refractivity contribution in [3.63, 3.8) is 0 Å². The third-order valence-electron chi connectivity index (χ3n) is 4.65. The van der Waals surface area contributed by atoms with E-state index >= 15 is 0 Å². The van der Waals surface area contributed by atoms with Gasteiger partial charge in [0.2, 0.25) is 0 Å². The van der Waals surface area contributed by atoms with Gasteiger partial charge in [-0.1, -0.05) is 16.8 Å². The second kappa shape index (κ2) is 7.45. The van der Waals surface area contributed by atoms with E-state index in [1.165, 1.54) is 0 Å². The van der Waals surface area contributed by atoms with Gasteiger partial charge in [-0.25, -0.2) is 0 Å². The zero-order chi connectivity index (χ0) is 18.8. The topological polar surface area (TPSA) is 55.6 Å². The summed E-state index contributed by atoms with van der Waals surface area (Å²) in [5.74, 6) is 1.51. The predicted molar refractivity (Wildman–Crippen MR) is 103 cm³/mol. The summed E-state index contributed by atoms with van der Waals surface area (Å²) in [5.41, 5.74) is 3.46. The molecule has 0 aliphatic carbocycles. The van der Waals surface area contributed by atoms with Gasteiger partial charge in [0.15, 0.2) is 5.76 Å². The number of carbonyl (C=O) groups excluding carboxylic acids is 1. The molecular formula is C21H19ClN2O3. The van der Waals surface area contributed by atoms with E-state index in [9.17, 15) is 4.79 Å². The summed E-state index contributed by atoms with van der Waals surface area (Å²) in [7, 11) is 0. The van der Waals surface area contributed by atoms with Crippen LogP contribution in [-0.4, -0.2) is 29.1 Å². The molecule has 0 saturated carbocycles. The maximum atomic E-state index is 12.8. The highest BCUT2D eigenvalue weighted by atomic mass is 35.5. The van der Waals surface area contributed by atoms with Crippen molar-refractivity contribution >= 4 is 17.5 Å². The Bertz CT molecular complexity index is 949. The maximum Gasteiger partial charge on any atom is 0.254 e. The molecule has 0 unspecified atom stereocenters. The molecule has 0 N–H and O–H groups in total. The van der Waals surface area contributed by atoms with Crippen LogP contribution in [0.5, 0.6) is 5.75 Å². The number of hydrogen-bond acceptors (Lipinski definition) is 4. The van der Waals surface area contributed by atoms with Gasteiger partial charge in [-0.2, -0.15) is 0 Å². The van der Waals surface area contributed by atoms with E-state index < -0.39 is 0 Å². The molecule has 4 rings (SSSR count). The van der Waals surface area contributed by atoms with Crippen LogP contribution in [-0.2, 0) is 13.0 Å². The van der Waals surface area contributed by atoms with E-state index in [1.807, 2.05) is 43.3 Å². The molecule has 0 atom stereocenters. The first kappa shape index (κ1) is 17.6. The van der Waals surface area contributed by atoms with Gasteiger partial charge in [0.25, 0.3) is 5.91 Å².